The summed E-state index contributed by atoms with van der Waals surface area (Å²) in [6.45, 7) is 5.69. The summed E-state index contributed by atoms with van der Waals surface area (Å²) in [5, 5.41) is 2.94. The van der Waals surface area contributed by atoms with Gasteiger partial charge in [-0.1, -0.05) is 19.1 Å². The molecular weight excluding hydrogens is 328 g/mol. The van der Waals surface area contributed by atoms with E-state index >= 15 is 0 Å². The zero-order valence-corrected chi connectivity index (χ0v) is 15.4. The van der Waals surface area contributed by atoms with Crippen LogP contribution < -0.4 is 10.1 Å². The molecule has 1 amide bonds. The Balaban J connectivity index is 1.52. The maximum Gasteiger partial charge on any atom is 0.220 e. The van der Waals surface area contributed by atoms with Crippen molar-refractivity contribution in [3.63, 3.8) is 0 Å². The molecule has 0 radical (unpaired) electrons. The summed E-state index contributed by atoms with van der Waals surface area (Å²) in [5.41, 5.74) is 3.25. The number of nitrogens with one attached hydrogen (secondary N) is 1. The van der Waals surface area contributed by atoms with Crippen molar-refractivity contribution in [3.8, 4) is 5.75 Å². The first-order valence-electron chi connectivity index (χ1n) is 8.86. The highest BCUT2D eigenvalue weighted by atomic mass is 16.5. The molecule has 4 rings (SSSR count). The number of nitrogens with zero attached hydrogens (tertiary/aromatic N) is 3. The average molecular weight is 352 g/mol. The first kappa shape index (κ1) is 16.7. The molecular formula is C20H24N4O2. The molecule has 26 heavy (non-hydrogen) atoms. The summed E-state index contributed by atoms with van der Waals surface area (Å²) >= 11 is 0. The van der Waals surface area contributed by atoms with Gasteiger partial charge in [-0.05, 0) is 24.6 Å². The molecule has 1 aromatic rings. The molecule has 1 aromatic carbocycles. The van der Waals surface area contributed by atoms with Gasteiger partial charge in [-0.3, -0.25) is 9.79 Å². The number of allylic oxidation sites excluding steroid dienone is 2. The maximum atomic E-state index is 11.7. The normalized spacial score (nSPS) is 27.2. The molecule has 0 spiro atoms. The molecule has 3 aliphatic heterocycles. The van der Waals surface area contributed by atoms with Gasteiger partial charge >= 0.3 is 0 Å². The van der Waals surface area contributed by atoms with E-state index in [1.54, 1.807) is 7.11 Å². The Morgan fingerprint density at radius 2 is 2.08 bits per heavy atom. The molecule has 0 aromatic heterocycles. The number of ether oxygens (including phenoxy) is 1. The second-order valence-electron chi connectivity index (χ2n) is 7.47. The molecule has 3 heterocycles. The van der Waals surface area contributed by atoms with Gasteiger partial charge in [0.25, 0.3) is 0 Å². The molecule has 6 heteroatoms. The summed E-state index contributed by atoms with van der Waals surface area (Å²) in [5.74, 6) is 0.974. The van der Waals surface area contributed by atoms with E-state index in [1.807, 2.05) is 18.3 Å². The van der Waals surface area contributed by atoms with Crippen molar-refractivity contribution in [3.05, 3.63) is 53.6 Å². The fourth-order valence-electron chi connectivity index (χ4n) is 3.80. The molecule has 1 N–H and O–H groups in total. The molecule has 2 unspecified atom stereocenters. The van der Waals surface area contributed by atoms with Gasteiger partial charge in [-0.2, -0.15) is 0 Å². The molecule has 1 fully saturated rings. The van der Waals surface area contributed by atoms with Gasteiger partial charge < -0.3 is 19.9 Å². The van der Waals surface area contributed by atoms with Crippen LogP contribution in [0.2, 0.25) is 0 Å². The molecule has 2 atom stereocenters. The molecule has 3 aliphatic rings. The maximum absolute atomic E-state index is 11.7. The van der Waals surface area contributed by atoms with Crippen LogP contribution in [0.4, 0.5) is 0 Å². The van der Waals surface area contributed by atoms with Crippen LogP contribution in [-0.4, -0.2) is 41.7 Å². The van der Waals surface area contributed by atoms with Crippen molar-refractivity contribution < 1.29 is 9.53 Å². The van der Waals surface area contributed by atoms with Crippen molar-refractivity contribution >= 4 is 12.1 Å². The average Bonchev–Trinajstić information content (AvgIpc) is 3.19. The summed E-state index contributed by atoms with van der Waals surface area (Å²) in [6, 6.07) is 8.13. The summed E-state index contributed by atoms with van der Waals surface area (Å²) in [6.07, 6.45) is 6.68. The van der Waals surface area contributed by atoms with Crippen molar-refractivity contribution in [1.82, 2.24) is 15.1 Å². The molecule has 0 saturated carbocycles. The SMILES string of the molecule is COc1ccc(CN2C=C3C=NC(C4(C)CNC(=O)C4)N3C=C2C)cc1. The standard InChI is InChI=1S/C20H24N4O2/c1-14-10-24-16(9-21-19(24)20(2)8-18(25)22-13-20)12-23(14)11-15-4-6-17(26-3)7-5-15/h4-7,9-10,12,19H,8,11,13H2,1-3H3,(H,22,25). The van der Waals surface area contributed by atoms with Crippen LogP contribution in [-0.2, 0) is 11.3 Å². The fraction of sp³-hybridized carbons (Fsp3) is 0.400. The second kappa shape index (κ2) is 6.20. The molecule has 6 nitrogen and oxygen atoms in total. The summed E-state index contributed by atoms with van der Waals surface area (Å²) in [4.78, 5) is 20.9. The minimum atomic E-state index is -0.182. The first-order valence-corrected chi connectivity index (χ1v) is 8.86. The Labute approximate surface area is 153 Å². The van der Waals surface area contributed by atoms with Gasteiger partial charge in [0.15, 0.2) is 0 Å². The lowest BCUT2D eigenvalue weighted by molar-refractivity contribution is -0.119. The van der Waals surface area contributed by atoms with Gasteiger partial charge in [0.2, 0.25) is 5.91 Å². The number of fused-ring (bicyclic) bond motifs is 1. The second-order valence-corrected chi connectivity index (χ2v) is 7.47. The first-order chi connectivity index (χ1) is 12.5. The van der Waals surface area contributed by atoms with Crippen molar-refractivity contribution in [2.24, 2.45) is 10.4 Å². The number of aliphatic imine (C=N–C) groups is 1. The van der Waals surface area contributed by atoms with Gasteiger partial charge in [0, 0.05) is 49.2 Å². The van der Waals surface area contributed by atoms with E-state index in [0.717, 1.165) is 23.7 Å². The number of carbonyl (C=O) groups is 1. The van der Waals surface area contributed by atoms with E-state index in [1.165, 1.54) is 5.56 Å². The summed E-state index contributed by atoms with van der Waals surface area (Å²) in [7, 11) is 1.68. The van der Waals surface area contributed by atoms with Crippen LogP contribution in [0.3, 0.4) is 0 Å². The van der Waals surface area contributed by atoms with Gasteiger partial charge in [0.05, 0.1) is 12.8 Å². The van der Waals surface area contributed by atoms with Crippen LogP contribution in [0.5, 0.6) is 5.75 Å². The minimum absolute atomic E-state index is 0.0363. The third-order valence-corrected chi connectivity index (χ3v) is 5.37. The Kier molecular flexibility index (Phi) is 3.98. The highest BCUT2D eigenvalue weighted by molar-refractivity contribution is 5.82. The Morgan fingerprint density at radius 3 is 2.73 bits per heavy atom. The topological polar surface area (TPSA) is 57.2 Å². The van der Waals surface area contributed by atoms with Crippen molar-refractivity contribution in [1.29, 1.82) is 0 Å². The lowest BCUT2D eigenvalue weighted by Gasteiger charge is -2.38. The highest BCUT2D eigenvalue weighted by Gasteiger charge is 2.46. The quantitative estimate of drug-likeness (QED) is 0.904. The Morgan fingerprint density at radius 1 is 1.31 bits per heavy atom. The smallest absolute Gasteiger partial charge is 0.220 e. The van der Waals surface area contributed by atoms with Gasteiger partial charge in [-0.15, -0.1) is 0 Å². The van der Waals surface area contributed by atoms with E-state index in [-0.39, 0.29) is 17.5 Å². The van der Waals surface area contributed by atoms with Gasteiger partial charge in [0.1, 0.15) is 11.9 Å². The number of amides is 1. The third-order valence-electron chi connectivity index (χ3n) is 5.37. The highest BCUT2D eigenvalue weighted by Crippen LogP contribution is 2.39. The molecule has 0 aliphatic carbocycles. The van der Waals surface area contributed by atoms with E-state index in [2.05, 4.69) is 53.5 Å². The largest absolute Gasteiger partial charge is 0.497 e. The van der Waals surface area contributed by atoms with Crippen LogP contribution in [0.15, 0.2) is 53.1 Å². The number of carbonyl (C=O) groups excluding carboxylic acids is 1. The number of hydrogen-bond acceptors (Lipinski definition) is 5. The number of rotatable bonds is 4. The molecule has 0 bridgehead atoms. The monoisotopic (exact) mass is 352 g/mol. The predicted octanol–water partition coefficient (Wildman–Crippen LogP) is 2.45. The Bertz CT molecular complexity index is 812. The van der Waals surface area contributed by atoms with Crippen LogP contribution in [0.25, 0.3) is 0 Å². The van der Waals surface area contributed by atoms with E-state index in [9.17, 15) is 4.79 Å². The minimum Gasteiger partial charge on any atom is -0.497 e. The van der Waals surface area contributed by atoms with E-state index in [0.29, 0.717) is 13.0 Å². The summed E-state index contributed by atoms with van der Waals surface area (Å²) < 4.78 is 5.22. The Hall–Kier alpha value is -2.76. The van der Waals surface area contributed by atoms with Crippen LogP contribution >= 0.6 is 0 Å². The zero-order valence-electron chi connectivity index (χ0n) is 15.4. The molecule has 1 saturated heterocycles. The third kappa shape index (κ3) is 2.85. The number of benzene rings is 1. The fourth-order valence-corrected chi connectivity index (χ4v) is 3.80. The van der Waals surface area contributed by atoms with Gasteiger partial charge in [-0.25, -0.2) is 0 Å². The number of hydrogen-bond donors (Lipinski definition) is 1. The van der Waals surface area contributed by atoms with E-state index in [4.69, 9.17) is 9.73 Å². The number of methoxy groups -OCH3 is 1. The predicted molar refractivity (Wildman–Crippen MR) is 100 cm³/mol. The van der Waals surface area contributed by atoms with Crippen LogP contribution in [0.1, 0.15) is 25.8 Å². The van der Waals surface area contributed by atoms with Crippen molar-refractivity contribution in [2.75, 3.05) is 13.7 Å². The lowest BCUT2D eigenvalue weighted by atomic mass is 9.85. The van der Waals surface area contributed by atoms with Crippen molar-refractivity contribution in [2.45, 2.75) is 33.0 Å². The lowest BCUT2D eigenvalue weighted by Crippen LogP contribution is -2.42. The van der Waals surface area contributed by atoms with E-state index < -0.39 is 0 Å². The van der Waals surface area contributed by atoms with Crippen LogP contribution in [0, 0.1) is 5.41 Å². The zero-order chi connectivity index (χ0) is 18.3. The molecule has 136 valence electrons.